The van der Waals surface area contributed by atoms with E-state index in [2.05, 4.69) is 30.6 Å². The van der Waals surface area contributed by atoms with E-state index < -0.39 is 42.3 Å². The van der Waals surface area contributed by atoms with Gasteiger partial charge in [-0.05, 0) is 72.7 Å². The van der Waals surface area contributed by atoms with Crippen LogP contribution < -0.4 is 27.0 Å². The van der Waals surface area contributed by atoms with Crippen molar-refractivity contribution >= 4 is 52.4 Å². The Bertz CT molecular complexity index is 1900. The molecule has 1 saturated carbocycles. The number of aromatic nitrogens is 4. The summed E-state index contributed by atoms with van der Waals surface area (Å²) in [7, 11) is 1.81. The van der Waals surface area contributed by atoms with Gasteiger partial charge < -0.3 is 42.3 Å². The van der Waals surface area contributed by atoms with Gasteiger partial charge in [0.25, 0.3) is 5.91 Å². The second kappa shape index (κ2) is 15.4. The van der Waals surface area contributed by atoms with Crippen LogP contribution in [0.4, 0.5) is 17.5 Å². The van der Waals surface area contributed by atoms with Gasteiger partial charge in [0.15, 0.2) is 17.0 Å². The number of nitrogens with zero attached hydrogens (tertiary/aromatic N) is 5. The third kappa shape index (κ3) is 8.69. The van der Waals surface area contributed by atoms with Crippen molar-refractivity contribution in [2.24, 2.45) is 0 Å². The van der Waals surface area contributed by atoms with E-state index in [-0.39, 0.29) is 47.5 Å². The quantitative estimate of drug-likeness (QED) is 0.101. The fourth-order valence-electron chi connectivity index (χ4n) is 6.12. The molecule has 1 fully saturated rings. The van der Waals surface area contributed by atoms with E-state index in [0.29, 0.717) is 23.3 Å². The minimum Gasteiger partial charge on any atom is -0.508 e. The Hall–Kier alpha value is -6.06. The summed E-state index contributed by atoms with van der Waals surface area (Å²) in [6.07, 6.45) is 4.70. The van der Waals surface area contributed by atoms with Gasteiger partial charge in [0, 0.05) is 31.1 Å². The van der Waals surface area contributed by atoms with Gasteiger partial charge in [-0.2, -0.15) is 9.97 Å². The summed E-state index contributed by atoms with van der Waals surface area (Å²) in [5.41, 5.74) is 15.2. The van der Waals surface area contributed by atoms with Crippen LogP contribution in [0.25, 0.3) is 11.2 Å². The number of phenolic OH excluding ortho intramolecular Hbond substituents is 1. The summed E-state index contributed by atoms with van der Waals surface area (Å²) in [5.74, 6) is -3.58. The van der Waals surface area contributed by atoms with Gasteiger partial charge >= 0.3 is 11.9 Å². The van der Waals surface area contributed by atoms with Crippen molar-refractivity contribution < 1.29 is 34.5 Å². The smallest absolute Gasteiger partial charge is 0.326 e. The maximum Gasteiger partial charge on any atom is 0.326 e. The predicted octanol–water partition coefficient (Wildman–Crippen LogP) is 2.36. The highest BCUT2D eigenvalue weighted by Gasteiger charge is 2.29. The predicted molar refractivity (Wildman–Crippen MR) is 183 cm³/mol. The number of phenols is 1. The molecule has 2 atom stereocenters. The maximum atomic E-state index is 13.4. The minimum absolute atomic E-state index is 0.00457. The second-order valence-electron chi connectivity index (χ2n) is 12.3. The van der Waals surface area contributed by atoms with Gasteiger partial charge in [0.05, 0.1) is 18.4 Å². The molecule has 9 N–H and O–H groups in total. The Balaban J connectivity index is 1.25. The molecule has 4 aromatic rings. The first kappa shape index (κ1) is 35.3. The first-order chi connectivity index (χ1) is 23.9. The number of nitrogens with two attached hydrogens (primary N) is 2. The van der Waals surface area contributed by atoms with Crippen LogP contribution in [0.15, 0.2) is 48.7 Å². The van der Waals surface area contributed by atoms with E-state index in [9.17, 15) is 34.5 Å². The number of benzene rings is 2. The molecule has 2 aromatic carbocycles. The molecule has 0 unspecified atom stereocenters. The SMILES string of the molecule is CN(Cc1cnc2nc(N)nc(N)c2n1)c1ccc(C(=O)N[C@@H](CCC(=O)O)C(=O)N[C@@H](Cc2ccc(O)cc2C2CCCC2)C(=O)O)cc1. The molecular formula is C34H39N9O7. The topological polar surface area (TPSA) is 260 Å². The van der Waals surface area contributed by atoms with Crippen LogP contribution in [0.1, 0.15) is 71.6 Å². The van der Waals surface area contributed by atoms with E-state index in [0.717, 1.165) is 36.9 Å². The lowest BCUT2D eigenvalue weighted by Crippen LogP contribution is -2.52. The number of aliphatic carboxylic acids is 2. The van der Waals surface area contributed by atoms with Crippen LogP contribution in [-0.4, -0.2) is 78.1 Å². The van der Waals surface area contributed by atoms with Gasteiger partial charge in [-0.25, -0.2) is 14.8 Å². The van der Waals surface area contributed by atoms with E-state index in [1.54, 1.807) is 42.6 Å². The first-order valence-corrected chi connectivity index (χ1v) is 16.1. The summed E-state index contributed by atoms with van der Waals surface area (Å²) >= 11 is 0. The van der Waals surface area contributed by atoms with Crippen LogP contribution in [-0.2, 0) is 27.3 Å². The van der Waals surface area contributed by atoms with Gasteiger partial charge in [-0.15, -0.1) is 0 Å². The van der Waals surface area contributed by atoms with Crippen molar-refractivity contribution in [3.8, 4) is 5.75 Å². The third-order valence-electron chi connectivity index (χ3n) is 8.70. The molecule has 50 heavy (non-hydrogen) atoms. The molecule has 2 amide bonds. The third-order valence-corrected chi connectivity index (χ3v) is 8.70. The molecule has 1 aliphatic rings. The number of carbonyl (C=O) groups excluding carboxylic acids is 2. The molecule has 16 nitrogen and oxygen atoms in total. The van der Waals surface area contributed by atoms with Gasteiger partial charge in [-0.3, -0.25) is 14.4 Å². The fraction of sp³-hybridized carbons (Fsp3) is 0.353. The van der Waals surface area contributed by atoms with E-state index in [4.69, 9.17) is 11.5 Å². The van der Waals surface area contributed by atoms with Crippen molar-refractivity contribution in [1.29, 1.82) is 0 Å². The number of rotatable bonds is 14. The van der Waals surface area contributed by atoms with Crippen LogP contribution >= 0.6 is 0 Å². The Morgan fingerprint density at radius 2 is 1.68 bits per heavy atom. The highest BCUT2D eigenvalue weighted by Crippen LogP contribution is 2.37. The van der Waals surface area contributed by atoms with Crippen molar-refractivity contribution in [3.63, 3.8) is 0 Å². The average molecular weight is 686 g/mol. The van der Waals surface area contributed by atoms with Crippen molar-refractivity contribution in [2.45, 2.75) is 69.5 Å². The average Bonchev–Trinajstić information content (AvgIpc) is 3.62. The number of carboxylic acid groups (broad SMARTS) is 2. The van der Waals surface area contributed by atoms with Crippen LogP contribution in [0.2, 0.25) is 0 Å². The number of carbonyl (C=O) groups is 4. The normalized spacial score (nSPS) is 14.2. The number of nitrogens with one attached hydrogen (secondary N) is 2. The summed E-state index contributed by atoms with van der Waals surface area (Å²) in [6.45, 7) is 0.326. The number of hydrogen-bond donors (Lipinski definition) is 7. The molecule has 0 aliphatic heterocycles. The van der Waals surface area contributed by atoms with Crippen LogP contribution in [0.5, 0.6) is 5.75 Å². The minimum atomic E-state index is -1.36. The molecule has 0 spiro atoms. The summed E-state index contributed by atoms with van der Waals surface area (Å²) in [5, 5.41) is 34.5. The largest absolute Gasteiger partial charge is 0.508 e. The Kier molecular flexibility index (Phi) is 10.9. The van der Waals surface area contributed by atoms with Crippen LogP contribution in [0.3, 0.4) is 0 Å². The lowest BCUT2D eigenvalue weighted by atomic mass is 9.89. The number of amides is 2. The first-order valence-electron chi connectivity index (χ1n) is 16.1. The van der Waals surface area contributed by atoms with Gasteiger partial charge in [0.1, 0.15) is 17.8 Å². The summed E-state index contributed by atoms with van der Waals surface area (Å²) in [4.78, 5) is 68.9. The van der Waals surface area contributed by atoms with Crippen molar-refractivity contribution in [2.75, 3.05) is 23.4 Å². The Morgan fingerprint density at radius 1 is 0.960 bits per heavy atom. The number of fused-ring (bicyclic) bond motifs is 1. The monoisotopic (exact) mass is 685 g/mol. The number of hydrogen-bond acceptors (Lipinski definition) is 12. The zero-order valence-corrected chi connectivity index (χ0v) is 27.4. The van der Waals surface area contributed by atoms with E-state index >= 15 is 0 Å². The number of nitrogen functional groups attached to an aromatic ring is 2. The zero-order chi connectivity index (χ0) is 35.9. The molecular weight excluding hydrogens is 646 g/mol. The molecule has 0 radical (unpaired) electrons. The van der Waals surface area contributed by atoms with E-state index in [1.165, 1.54) is 6.07 Å². The molecule has 2 aromatic heterocycles. The number of aromatic hydroxyl groups is 1. The molecule has 0 bridgehead atoms. The fourth-order valence-corrected chi connectivity index (χ4v) is 6.12. The van der Waals surface area contributed by atoms with E-state index in [1.807, 2.05) is 11.9 Å². The molecule has 16 heteroatoms. The standard InChI is InChI=1S/C34H39N9O7/c1-43(17-21-16-37-30-28(38-21)29(35)41-34(36)42-30)22-9-6-19(7-10-22)31(47)39-25(12-13-27(45)46)32(48)40-26(33(49)50)14-20-8-11-23(44)15-24(20)18-4-2-3-5-18/h6-11,15-16,18,25-26,44H,2-5,12-14,17H2,1H3,(H,39,47)(H,40,48)(H,45,46)(H,49,50)(H4,35,36,37,41,42)/t25-,26-/m0/s1. The van der Waals surface area contributed by atoms with Crippen LogP contribution in [0, 0.1) is 0 Å². The molecule has 262 valence electrons. The lowest BCUT2D eigenvalue weighted by Gasteiger charge is -2.23. The summed E-state index contributed by atoms with van der Waals surface area (Å²) in [6, 6.07) is 8.57. The Labute approximate surface area is 287 Å². The molecule has 1 aliphatic carbocycles. The highest BCUT2D eigenvalue weighted by atomic mass is 16.4. The second-order valence-corrected chi connectivity index (χ2v) is 12.3. The van der Waals surface area contributed by atoms with Crippen molar-refractivity contribution in [1.82, 2.24) is 30.6 Å². The highest BCUT2D eigenvalue weighted by molar-refractivity contribution is 5.98. The molecule has 2 heterocycles. The van der Waals surface area contributed by atoms with Crippen molar-refractivity contribution in [3.05, 3.63) is 71.0 Å². The maximum absolute atomic E-state index is 13.4. The number of carboxylic acids is 2. The summed E-state index contributed by atoms with van der Waals surface area (Å²) < 4.78 is 0. The zero-order valence-electron chi connectivity index (χ0n) is 27.4. The van der Waals surface area contributed by atoms with Gasteiger partial charge in [0.2, 0.25) is 11.9 Å². The Morgan fingerprint density at radius 3 is 2.36 bits per heavy atom. The lowest BCUT2D eigenvalue weighted by molar-refractivity contribution is -0.142. The molecule has 5 rings (SSSR count). The van der Waals surface area contributed by atoms with Gasteiger partial charge in [-0.1, -0.05) is 18.9 Å². The molecule has 0 saturated heterocycles. The number of anilines is 3.